The quantitative estimate of drug-likeness (QED) is 0.177. The maximum Gasteiger partial charge on any atom is 0.261 e. The molecule has 0 aromatic heterocycles. The van der Waals surface area contributed by atoms with E-state index >= 15 is 0 Å². The highest BCUT2D eigenvalue weighted by atomic mass is 28.2. The molecule has 0 amide bonds. The van der Waals surface area contributed by atoms with Gasteiger partial charge in [-0.15, -0.1) is 0 Å². The molecule has 0 spiro atoms. The van der Waals surface area contributed by atoms with Gasteiger partial charge in [-0.1, -0.05) is 0 Å². The molecule has 0 radical (unpaired) electrons. The van der Waals surface area contributed by atoms with Crippen LogP contribution in [0, 0.1) is 0 Å². The average molecular weight is 296 g/mol. The van der Waals surface area contributed by atoms with Gasteiger partial charge in [-0.2, -0.15) is 0 Å². The zero-order valence-corrected chi connectivity index (χ0v) is 12.6. The summed E-state index contributed by atoms with van der Waals surface area (Å²) in [6, 6.07) is 0.965. The molecule has 0 aliphatic carbocycles. The normalized spacial score (nSPS) is 18.8. The van der Waals surface area contributed by atoms with Gasteiger partial charge in [-0.05, 0) is 12.5 Å². The van der Waals surface area contributed by atoms with Crippen LogP contribution in [0.4, 0.5) is 0 Å². The number of epoxide rings is 1. The third kappa shape index (κ3) is 10.4. The van der Waals surface area contributed by atoms with Crippen molar-refractivity contribution in [3.63, 3.8) is 0 Å². The lowest BCUT2D eigenvalue weighted by atomic mass is 10.5. The molecule has 19 heavy (non-hydrogen) atoms. The summed E-state index contributed by atoms with van der Waals surface area (Å²) in [5, 5.41) is 17.3. The van der Waals surface area contributed by atoms with E-state index in [0.717, 1.165) is 25.7 Å². The van der Waals surface area contributed by atoms with E-state index in [1.807, 2.05) is 0 Å². The fourth-order valence-corrected chi connectivity index (χ4v) is 2.27. The molecule has 1 aliphatic rings. The molecule has 114 valence electrons. The van der Waals surface area contributed by atoms with E-state index in [9.17, 15) is 0 Å². The van der Waals surface area contributed by atoms with Crippen LogP contribution < -0.4 is 0 Å². The van der Waals surface area contributed by atoms with Crippen LogP contribution in [0.2, 0.25) is 6.04 Å². The maximum absolute atomic E-state index is 8.66. The zero-order valence-electron chi connectivity index (χ0n) is 11.2. The van der Waals surface area contributed by atoms with Gasteiger partial charge in [0.15, 0.2) is 9.76 Å². The SMILES string of the molecule is OCCOC(OCCO)O[SiH2]CCCOCC1CO1. The van der Waals surface area contributed by atoms with E-state index in [0.29, 0.717) is 12.7 Å². The molecule has 1 rings (SSSR count). The highest BCUT2D eigenvalue weighted by molar-refractivity contribution is 6.27. The Morgan fingerprint density at radius 1 is 1.16 bits per heavy atom. The molecule has 2 N–H and O–H groups in total. The molecule has 1 atom stereocenters. The number of ether oxygens (including phenoxy) is 4. The van der Waals surface area contributed by atoms with Gasteiger partial charge in [-0.25, -0.2) is 0 Å². The lowest BCUT2D eigenvalue weighted by molar-refractivity contribution is -0.252. The molecule has 1 fully saturated rings. The largest absolute Gasteiger partial charge is 0.394 e. The van der Waals surface area contributed by atoms with E-state index in [-0.39, 0.29) is 26.4 Å². The number of aliphatic hydroxyl groups is 2. The van der Waals surface area contributed by atoms with Crippen molar-refractivity contribution in [3.05, 3.63) is 0 Å². The smallest absolute Gasteiger partial charge is 0.261 e. The molecule has 1 heterocycles. The fourth-order valence-electron chi connectivity index (χ4n) is 1.31. The van der Waals surface area contributed by atoms with Crippen LogP contribution in [0.1, 0.15) is 6.42 Å². The van der Waals surface area contributed by atoms with Gasteiger partial charge in [-0.3, -0.25) is 0 Å². The Hall–Kier alpha value is -0.0631. The van der Waals surface area contributed by atoms with Crippen molar-refractivity contribution in [3.8, 4) is 0 Å². The highest BCUT2D eigenvalue weighted by Gasteiger charge is 2.21. The molecule has 0 aromatic rings. The topological polar surface area (TPSA) is 89.9 Å². The van der Waals surface area contributed by atoms with Crippen molar-refractivity contribution in [2.75, 3.05) is 46.2 Å². The fraction of sp³-hybridized carbons (Fsp3) is 1.00. The Morgan fingerprint density at radius 2 is 1.84 bits per heavy atom. The Labute approximate surface area is 115 Å². The van der Waals surface area contributed by atoms with Crippen molar-refractivity contribution < 1.29 is 33.6 Å². The molecule has 8 heteroatoms. The van der Waals surface area contributed by atoms with Crippen LogP contribution in [-0.2, 0) is 23.4 Å². The number of rotatable bonds is 14. The van der Waals surface area contributed by atoms with Crippen LogP contribution in [0.15, 0.2) is 0 Å². The van der Waals surface area contributed by atoms with Gasteiger partial charge in [0.2, 0.25) is 0 Å². The van der Waals surface area contributed by atoms with E-state index in [1.165, 1.54) is 0 Å². The number of aliphatic hydroxyl groups excluding tert-OH is 2. The molecule has 1 aliphatic heterocycles. The van der Waals surface area contributed by atoms with Gasteiger partial charge in [0.05, 0.1) is 39.6 Å². The first-order valence-corrected chi connectivity index (χ1v) is 8.20. The third-order valence-corrected chi connectivity index (χ3v) is 3.63. The summed E-state index contributed by atoms with van der Waals surface area (Å²) in [6.07, 6.45) is 1.27. The van der Waals surface area contributed by atoms with Crippen LogP contribution >= 0.6 is 0 Å². The Kier molecular flexibility index (Phi) is 10.5. The van der Waals surface area contributed by atoms with E-state index in [4.69, 9.17) is 33.6 Å². The summed E-state index contributed by atoms with van der Waals surface area (Å²) in [6.45, 7) is 1.61. The first kappa shape index (κ1) is 17.0. The predicted octanol–water partition coefficient (Wildman–Crippen LogP) is -1.39. The molecule has 1 saturated heterocycles. The molecule has 7 nitrogen and oxygen atoms in total. The zero-order chi connectivity index (χ0) is 13.8. The number of hydrogen-bond donors (Lipinski definition) is 2. The van der Waals surface area contributed by atoms with Gasteiger partial charge in [0.1, 0.15) is 6.10 Å². The molecule has 0 saturated carbocycles. The van der Waals surface area contributed by atoms with Crippen LogP contribution in [0.3, 0.4) is 0 Å². The first-order valence-electron chi connectivity index (χ1n) is 6.62. The van der Waals surface area contributed by atoms with E-state index in [1.54, 1.807) is 0 Å². The molecule has 1 unspecified atom stereocenters. The average Bonchev–Trinajstić information content (AvgIpc) is 3.24. The van der Waals surface area contributed by atoms with Crippen molar-refractivity contribution >= 4 is 9.76 Å². The van der Waals surface area contributed by atoms with Gasteiger partial charge < -0.3 is 33.6 Å². The molecular weight excluding hydrogens is 272 g/mol. The van der Waals surface area contributed by atoms with Crippen molar-refractivity contribution in [1.29, 1.82) is 0 Å². The standard InChI is InChI=1S/C11H24O7Si/c12-2-5-15-11(16-6-3-13)18-19-7-1-4-14-8-10-9-17-10/h10-13H,1-9,19H2. The highest BCUT2D eigenvalue weighted by Crippen LogP contribution is 2.08. The third-order valence-electron chi connectivity index (χ3n) is 2.33. The molecular formula is C11H24O7Si. The second kappa shape index (κ2) is 11.7. The number of hydrogen-bond acceptors (Lipinski definition) is 7. The Bertz CT molecular complexity index is 195. The summed E-state index contributed by atoms with van der Waals surface area (Å²) >= 11 is 0. The minimum atomic E-state index is -0.772. The lowest BCUT2D eigenvalue weighted by Gasteiger charge is -2.18. The summed E-state index contributed by atoms with van der Waals surface area (Å²) in [7, 11) is -0.748. The second-order valence-electron chi connectivity index (χ2n) is 4.09. The molecule has 0 bridgehead atoms. The van der Waals surface area contributed by atoms with Crippen LogP contribution in [-0.4, -0.2) is 78.8 Å². The summed E-state index contributed by atoms with van der Waals surface area (Å²) in [4.78, 5) is 0. The lowest BCUT2D eigenvalue weighted by Crippen LogP contribution is -2.25. The van der Waals surface area contributed by atoms with Crippen LogP contribution in [0.5, 0.6) is 0 Å². The van der Waals surface area contributed by atoms with E-state index in [2.05, 4.69) is 0 Å². The Morgan fingerprint density at radius 3 is 2.42 bits per heavy atom. The summed E-state index contributed by atoms with van der Waals surface area (Å²) in [5.41, 5.74) is 0. The van der Waals surface area contributed by atoms with Crippen LogP contribution in [0.25, 0.3) is 0 Å². The molecule has 0 aromatic carbocycles. The minimum Gasteiger partial charge on any atom is -0.394 e. The van der Waals surface area contributed by atoms with E-state index < -0.39 is 16.2 Å². The second-order valence-corrected chi connectivity index (χ2v) is 5.53. The maximum atomic E-state index is 8.66. The summed E-state index contributed by atoms with van der Waals surface area (Å²) in [5.74, 6) is 0. The van der Waals surface area contributed by atoms with Gasteiger partial charge in [0.25, 0.3) is 6.48 Å². The van der Waals surface area contributed by atoms with Crippen molar-refractivity contribution in [1.82, 2.24) is 0 Å². The van der Waals surface area contributed by atoms with Crippen molar-refractivity contribution in [2.45, 2.75) is 25.0 Å². The van der Waals surface area contributed by atoms with Crippen molar-refractivity contribution in [2.24, 2.45) is 0 Å². The van der Waals surface area contributed by atoms with Gasteiger partial charge >= 0.3 is 0 Å². The summed E-state index contributed by atoms with van der Waals surface area (Å²) < 4.78 is 26.2. The minimum absolute atomic E-state index is 0.0824. The first-order chi connectivity index (χ1) is 9.36. The Balaban J connectivity index is 1.89. The monoisotopic (exact) mass is 296 g/mol. The predicted molar refractivity (Wildman–Crippen MR) is 69.5 cm³/mol. The van der Waals surface area contributed by atoms with Gasteiger partial charge in [0, 0.05) is 6.61 Å².